The maximum Gasteiger partial charge on any atom is 0.306 e. The zero-order chi connectivity index (χ0) is 12.0. The first kappa shape index (κ1) is 13.0. The second-order valence-electron chi connectivity index (χ2n) is 3.92. The van der Waals surface area contributed by atoms with Gasteiger partial charge in [0.1, 0.15) is 0 Å². The van der Waals surface area contributed by atoms with Crippen LogP contribution in [0.4, 0.5) is 0 Å². The van der Waals surface area contributed by atoms with Gasteiger partial charge in [0.25, 0.3) is 0 Å². The van der Waals surface area contributed by atoms with Crippen LogP contribution in [0.3, 0.4) is 0 Å². The number of likely N-dealkylation sites (tertiary alicyclic amines) is 1. The number of ether oxygens (including phenoxy) is 1. The average molecular weight is 228 g/mol. The fraction of sp³-hybridized carbons (Fsp3) is 0.818. The van der Waals surface area contributed by atoms with Crippen LogP contribution in [0.1, 0.15) is 26.2 Å². The molecule has 1 amide bonds. The predicted octanol–water partition coefficient (Wildman–Crippen LogP) is 0.150. The van der Waals surface area contributed by atoms with Gasteiger partial charge in [0, 0.05) is 25.6 Å². The van der Waals surface area contributed by atoms with Gasteiger partial charge in [0.2, 0.25) is 5.91 Å². The molecule has 0 aliphatic carbocycles. The first-order chi connectivity index (χ1) is 7.67. The third-order valence-corrected chi connectivity index (χ3v) is 2.80. The number of carbonyl (C=O) groups is 2. The summed E-state index contributed by atoms with van der Waals surface area (Å²) in [4.78, 5) is 24.6. The summed E-state index contributed by atoms with van der Waals surface area (Å²) in [5.74, 6) is -0.244. The van der Waals surface area contributed by atoms with E-state index >= 15 is 0 Å². The second-order valence-corrected chi connectivity index (χ2v) is 3.92. The molecule has 1 heterocycles. The van der Waals surface area contributed by atoms with Gasteiger partial charge in [0.05, 0.1) is 13.0 Å². The number of amides is 1. The van der Waals surface area contributed by atoms with Crippen molar-refractivity contribution in [2.45, 2.75) is 32.2 Å². The molecule has 1 aliphatic heterocycles. The van der Waals surface area contributed by atoms with Crippen molar-refractivity contribution in [3.05, 3.63) is 0 Å². The van der Waals surface area contributed by atoms with Gasteiger partial charge >= 0.3 is 5.97 Å². The Hall–Kier alpha value is -1.10. The van der Waals surface area contributed by atoms with Crippen molar-refractivity contribution in [2.24, 2.45) is 0 Å². The summed E-state index contributed by atoms with van der Waals surface area (Å²) in [6.07, 6.45) is 1.43. The minimum atomic E-state index is -0.291. The molecule has 5 heteroatoms. The van der Waals surface area contributed by atoms with Gasteiger partial charge in [-0.05, 0) is 20.4 Å². The summed E-state index contributed by atoms with van der Waals surface area (Å²) in [6, 6.07) is 0.395. The van der Waals surface area contributed by atoms with E-state index in [4.69, 9.17) is 4.74 Å². The fourth-order valence-corrected chi connectivity index (χ4v) is 1.82. The fourth-order valence-electron chi connectivity index (χ4n) is 1.82. The number of nitrogens with zero attached hydrogens (tertiary/aromatic N) is 1. The molecule has 0 aromatic rings. The van der Waals surface area contributed by atoms with Crippen molar-refractivity contribution in [2.75, 3.05) is 26.7 Å². The monoisotopic (exact) mass is 228 g/mol. The van der Waals surface area contributed by atoms with Crippen LogP contribution in [0.5, 0.6) is 0 Å². The average Bonchev–Trinajstić information content (AvgIpc) is 2.75. The number of carbonyl (C=O) groups excluding carboxylic acids is 2. The van der Waals surface area contributed by atoms with Crippen LogP contribution in [-0.4, -0.2) is 49.6 Å². The molecular weight excluding hydrogens is 208 g/mol. The summed E-state index contributed by atoms with van der Waals surface area (Å²) < 4.78 is 4.78. The van der Waals surface area contributed by atoms with Crippen LogP contribution in [0.2, 0.25) is 0 Å². The molecule has 5 nitrogen and oxygen atoms in total. The third-order valence-electron chi connectivity index (χ3n) is 2.80. The molecule has 92 valence electrons. The van der Waals surface area contributed by atoms with Crippen LogP contribution in [-0.2, 0) is 14.3 Å². The van der Waals surface area contributed by atoms with Crippen LogP contribution >= 0.6 is 0 Å². The molecule has 0 radical (unpaired) electrons. The lowest BCUT2D eigenvalue weighted by atomic mass is 10.3. The quantitative estimate of drug-likeness (QED) is 0.680. The number of rotatable bonds is 5. The molecule has 0 bridgehead atoms. The van der Waals surface area contributed by atoms with Gasteiger partial charge in [-0.3, -0.25) is 9.59 Å². The Morgan fingerprint density at radius 1 is 1.44 bits per heavy atom. The van der Waals surface area contributed by atoms with E-state index in [9.17, 15) is 9.59 Å². The number of nitrogens with one attached hydrogen (secondary N) is 1. The maximum atomic E-state index is 11.7. The molecule has 1 N–H and O–H groups in total. The highest BCUT2D eigenvalue weighted by molar-refractivity contribution is 5.81. The molecular formula is C11H20N2O3. The van der Waals surface area contributed by atoms with Crippen molar-refractivity contribution in [1.29, 1.82) is 0 Å². The minimum Gasteiger partial charge on any atom is -0.466 e. The Balaban J connectivity index is 2.23. The number of esters is 1. The molecule has 1 fully saturated rings. The van der Waals surface area contributed by atoms with E-state index in [0.717, 1.165) is 19.5 Å². The van der Waals surface area contributed by atoms with Crippen molar-refractivity contribution in [1.82, 2.24) is 10.2 Å². The van der Waals surface area contributed by atoms with E-state index in [1.165, 1.54) is 0 Å². The number of hydrogen-bond acceptors (Lipinski definition) is 4. The highest BCUT2D eigenvalue weighted by Crippen LogP contribution is 2.11. The standard InChI is InChI=1S/C11H20N2O3/c1-3-16-11(15)5-4-10(14)13-7-6-9(8-13)12-2/h9,12H,3-8H2,1-2H3. The van der Waals surface area contributed by atoms with E-state index in [1.807, 2.05) is 7.05 Å². The van der Waals surface area contributed by atoms with Gasteiger partial charge in [-0.2, -0.15) is 0 Å². The van der Waals surface area contributed by atoms with E-state index in [0.29, 0.717) is 12.6 Å². The van der Waals surface area contributed by atoms with Crippen LogP contribution in [0.15, 0.2) is 0 Å². The largest absolute Gasteiger partial charge is 0.466 e. The molecule has 0 aromatic carbocycles. The zero-order valence-electron chi connectivity index (χ0n) is 9.99. The van der Waals surface area contributed by atoms with Gasteiger partial charge in [-0.25, -0.2) is 0 Å². The minimum absolute atomic E-state index is 0.0470. The lowest BCUT2D eigenvalue weighted by Gasteiger charge is -2.15. The SMILES string of the molecule is CCOC(=O)CCC(=O)N1CCC(NC)C1. The number of hydrogen-bond donors (Lipinski definition) is 1. The van der Waals surface area contributed by atoms with Gasteiger partial charge in [0.15, 0.2) is 0 Å². The van der Waals surface area contributed by atoms with Gasteiger partial charge < -0.3 is 15.0 Å². The number of likely N-dealkylation sites (N-methyl/N-ethyl adjacent to an activating group) is 1. The van der Waals surface area contributed by atoms with Crippen molar-refractivity contribution >= 4 is 11.9 Å². The Morgan fingerprint density at radius 2 is 2.19 bits per heavy atom. The van der Waals surface area contributed by atoms with E-state index < -0.39 is 0 Å². The molecule has 1 aliphatic rings. The van der Waals surface area contributed by atoms with Crippen molar-refractivity contribution < 1.29 is 14.3 Å². The predicted molar refractivity (Wildman–Crippen MR) is 59.9 cm³/mol. The van der Waals surface area contributed by atoms with Gasteiger partial charge in [-0.1, -0.05) is 0 Å². The summed E-state index contributed by atoms with van der Waals surface area (Å²) in [5, 5.41) is 3.15. The highest BCUT2D eigenvalue weighted by Gasteiger charge is 2.24. The van der Waals surface area contributed by atoms with E-state index in [2.05, 4.69) is 5.32 Å². The van der Waals surface area contributed by atoms with Crippen molar-refractivity contribution in [3.8, 4) is 0 Å². The third kappa shape index (κ3) is 3.81. The zero-order valence-corrected chi connectivity index (χ0v) is 9.99. The Bertz CT molecular complexity index is 256. The molecule has 0 saturated carbocycles. The molecule has 1 rings (SSSR count). The van der Waals surface area contributed by atoms with Crippen molar-refractivity contribution in [3.63, 3.8) is 0 Å². The summed E-state index contributed by atoms with van der Waals surface area (Å²) in [5.41, 5.74) is 0. The van der Waals surface area contributed by atoms with E-state index in [-0.39, 0.29) is 24.7 Å². The van der Waals surface area contributed by atoms with Gasteiger partial charge in [-0.15, -0.1) is 0 Å². The molecule has 1 unspecified atom stereocenters. The lowest BCUT2D eigenvalue weighted by molar-refractivity contribution is -0.145. The summed E-state index contributed by atoms with van der Waals surface area (Å²) in [7, 11) is 1.90. The molecule has 0 spiro atoms. The van der Waals surface area contributed by atoms with Crippen LogP contribution in [0, 0.1) is 0 Å². The van der Waals surface area contributed by atoms with E-state index in [1.54, 1.807) is 11.8 Å². The summed E-state index contributed by atoms with van der Waals surface area (Å²) >= 11 is 0. The Morgan fingerprint density at radius 3 is 2.75 bits per heavy atom. The topological polar surface area (TPSA) is 58.6 Å². The molecule has 16 heavy (non-hydrogen) atoms. The van der Waals surface area contributed by atoms with Crippen LogP contribution < -0.4 is 5.32 Å². The molecule has 0 aromatic heterocycles. The molecule has 1 atom stereocenters. The normalized spacial score (nSPS) is 19.9. The maximum absolute atomic E-state index is 11.7. The second kappa shape index (κ2) is 6.48. The first-order valence-corrected chi connectivity index (χ1v) is 5.78. The Labute approximate surface area is 96.1 Å². The Kier molecular flexibility index (Phi) is 5.25. The van der Waals surface area contributed by atoms with Crippen LogP contribution in [0.25, 0.3) is 0 Å². The smallest absolute Gasteiger partial charge is 0.306 e. The highest BCUT2D eigenvalue weighted by atomic mass is 16.5. The lowest BCUT2D eigenvalue weighted by Crippen LogP contribution is -2.33. The molecule has 1 saturated heterocycles. The summed E-state index contributed by atoms with van der Waals surface area (Å²) in [6.45, 7) is 3.67. The first-order valence-electron chi connectivity index (χ1n) is 5.78.